The minimum absolute atomic E-state index is 0.138. The first-order chi connectivity index (χ1) is 10.6. The van der Waals surface area contributed by atoms with Crippen molar-refractivity contribution in [2.75, 3.05) is 6.61 Å². The molecule has 22 heavy (non-hydrogen) atoms. The summed E-state index contributed by atoms with van der Waals surface area (Å²) in [4.78, 5) is 0. The van der Waals surface area contributed by atoms with Crippen molar-refractivity contribution in [3.8, 4) is 11.8 Å². The Morgan fingerprint density at radius 1 is 1.18 bits per heavy atom. The summed E-state index contributed by atoms with van der Waals surface area (Å²) in [6.45, 7) is 4.73. The average Bonchev–Trinajstić information content (AvgIpc) is 2.49. The predicted molar refractivity (Wildman–Crippen MR) is 90.5 cm³/mol. The van der Waals surface area contributed by atoms with Crippen molar-refractivity contribution < 1.29 is 4.74 Å². The molecule has 0 heterocycles. The van der Waals surface area contributed by atoms with Crippen molar-refractivity contribution in [3.05, 3.63) is 64.2 Å². The minimum Gasteiger partial charge on any atom is -0.493 e. The van der Waals surface area contributed by atoms with Gasteiger partial charge in [-0.3, -0.25) is 0 Å². The SMILES string of the molecule is Cc1ccc(OCCCC(C#N)c2cccc(Cl)c2)c(C)c1. The van der Waals surface area contributed by atoms with Crippen LogP contribution in [0.2, 0.25) is 5.02 Å². The average molecular weight is 314 g/mol. The van der Waals surface area contributed by atoms with Crippen molar-refractivity contribution in [2.45, 2.75) is 32.6 Å². The summed E-state index contributed by atoms with van der Waals surface area (Å²) < 4.78 is 5.81. The van der Waals surface area contributed by atoms with Crippen LogP contribution in [0, 0.1) is 25.2 Å². The van der Waals surface area contributed by atoms with E-state index in [1.54, 1.807) is 0 Å². The molecule has 0 radical (unpaired) electrons. The Morgan fingerprint density at radius 2 is 2.00 bits per heavy atom. The third-order valence-electron chi connectivity index (χ3n) is 3.63. The summed E-state index contributed by atoms with van der Waals surface area (Å²) in [6, 6.07) is 16.0. The monoisotopic (exact) mass is 313 g/mol. The maximum absolute atomic E-state index is 9.33. The lowest BCUT2D eigenvalue weighted by molar-refractivity contribution is 0.303. The van der Waals surface area contributed by atoms with Crippen molar-refractivity contribution in [2.24, 2.45) is 0 Å². The number of hydrogen-bond acceptors (Lipinski definition) is 2. The standard InChI is InChI=1S/C19H20ClNO/c1-14-8-9-19(15(2)11-14)22-10-4-6-17(13-21)16-5-3-7-18(20)12-16/h3,5,7-9,11-12,17H,4,6,10H2,1-2H3. The quantitative estimate of drug-likeness (QED) is 0.667. The van der Waals surface area contributed by atoms with Gasteiger partial charge in [-0.1, -0.05) is 41.4 Å². The third kappa shape index (κ3) is 4.51. The van der Waals surface area contributed by atoms with Crippen LogP contribution in [0.4, 0.5) is 0 Å². The van der Waals surface area contributed by atoms with Gasteiger partial charge < -0.3 is 4.74 Å². The smallest absolute Gasteiger partial charge is 0.122 e. The molecule has 0 spiro atoms. The molecule has 114 valence electrons. The summed E-state index contributed by atoms with van der Waals surface area (Å²) in [5.74, 6) is 0.781. The van der Waals surface area contributed by atoms with E-state index in [9.17, 15) is 5.26 Å². The highest BCUT2D eigenvalue weighted by Crippen LogP contribution is 2.24. The Bertz CT molecular complexity index is 675. The maximum Gasteiger partial charge on any atom is 0.122 e. The van der Waals surface area contributed by atoms with Gasteiger partial charge in [-0.25, -0.2) is 0 Å². The zero-order chi connectivity index (χ0) is 15.9. The van der Waals surface area contributed by atoms with Gasteiger partial charge in [-0.05, 0) is 56.0 Å². The van der Waals surface area contributed by atoms with E-state index in [0.717, 1.165) is 29.7 Å². The van der Waals surface area contributed by atoms with E-state index in [-0.39, 0.29) is 5.92 Å². The number of benzene rings is 2. The molecule has 0 bridgehead atoms. The number of nitrogens with zero attached hydrogens (tertiary/aromatic N) is 1. The Labute approximate surface area is 137 Å². The largest absolute Gasteiger partial charge is 0.493 e. The van der Waals surface area contributed by atoms with E-state index in [0.29, 0.717) is 11.6 Å². The topological polar surface area (TPSA) is 33.0 Å². The summed E-state index contributed by atoms with van der Waals surface area (Å²) in [7, 11) is 0. The highest BCUT2D eigenvalue weighted by molar-refractivity contribution is 6.30. The van der Waals surface area contributed by atoms with Crippen LogP contribution < -0.4 is 4.74 Å². The van der Waals surface area contributed by atoms with Crippen LogP contribution in [0.25, 0.3) is 0 Å². The van der Waals surface area contributed by atoms with Gasteiger partial charge in [-0.2, -0.15) is 5.26 Å². The van der Waals surface area contributed by atoms with E-state index >= 15 is 0 Å². The number of aryl methyl sites for hydroxylation is 2. The van der Waals surface area contributed by atoms with Crippen LogP contribution in [-0.4, -0.2) is 6.61 Å². The van der Waals surface area contributed by atoms with Gasteiger partial charge in [0, 0.05) is 5.02 Å². The molecule has 0 amide bonds. The third-order valence-corrected chi connectivity index (χ3v) is 3.87. The molecule has 2 rings (SSSR count). The van der Waals surface area contributed by atoms with E-state index in [4.69, 9.17) is 16.3 Å². The first-order valence-electron chi connectivity index (χ1n) is 7.45. The first kappa shape index (κ1) is 16.4. The zero-order valence-electron chi connectivity index (χ0n) is 13.0. The molecule has 0 saturated heterocycles. The number of ether oxygens (including phenoxy) is 1. The second kappa shape index (κ2) is 7.87. The molecule has 1 atom stereocenters. The van der Waals surface area contributed by atoms with Crippen LogP contribution in [0.5, 0.6) is 5.75 Å². The summed E-state index contributed by atoms with van der Waals surface area (Å²) in [6.07, 6.45) is 1.60. The second-order valence-electron chi connectivity index (χ2n) is 5.50. The lowest BCUT2D eigenvalue weighted by atomic mass is 9.96. The second-order valence-corrected chi connectivity index (χ2v) is 5.93. The molecule has 0 aliphatic carbocycles. The molecule has 1 unspecified atom stereocenters. The lowest BCUT2D eigenvalue weighted by Gasteiger charge is -2.12. The fraction of sp³-hybridized carbons (Fsp3) is 0.316. The Kier molecular flexibility index (Phi) is 5.86. The van der Waals surface area contributed by atoms with Crippen molar-refractivity contribution in [1.29, 1.82) is 5.26 Å². The zero-order valence-corrected chi connectivity index (χ0v) is 13.7. The number of nitriles is 1. The van der Waals surface area contributed by atoms with Crippen LogP contribution in [0.15, 0.2) is 42.5 Å². The molecule has 0 aliphatic heterocycles. The van der Waals surface area contributed by atoms with Crippen molar-refractivity contribution >= 4 is 11.6 Å². The van der Waals surface area contributed by atoms with Crippen LogP contribution >= 0.6 is 11.6 Å². The van der Waals surface area contributed by atoms with Crippen LogP contribution in [0.1, 0.15) is 35.4 Å². The van der Waals surface area contributed by atoms with Gasteiger partial charge in [0.25, 0.3) is 0 Å². The van der Waals surface area contributed by atoms with Crippen LogP contribution in [0.3, 0.4) is 0 Å². The van der Waals surface area contributed by atoms with Crippen LogP contribution in [-0.2, 0) is 0 Å². The molecule has 2 nitrogen and oxygen atoms in total. The minimum atomic E-state index is -0.138. The molecule has 2 aromatic rings. The molecule has 0 fully saturated rings. The number of rotatable bonds is 6. The van der Waals surface area contributed by atoms with E-state index < -0.39 is 0 Å². The number of hydrogen-bond donors (Lipinski definition) is 0. The summed E-state index contributed by atoms with van der Waals surface area (Å²) in [5.41, 5.74) is 3.35. The van der Waals surface area contributed by atoms with Gasteiger partial charge in [0.2, 0.25) is 0 Å². The van der Waals surface area contributed by atoms with Gasteiger partial charge in [0.15, 0.2) is 0 Å². The highest BCUT2D eigenvalue weighted by atomic mass is 35.5. The van der Waals surface area contributed by atoms with Crippen molar-refractivity contribution in [3.63, 3.8) is 0 Å². The van der Waals surface area contributed by atoms with Crippen molar-refractivity contribution in [1.82, 2.24) is 0 Å². The highest BCUT2D eigenvalue weighted by Gasteiger charge is 2.11. The molecule has 2 aromatic carbocycles. The fourth-order valence-corrected chi connectivity index (χ4v) is 2.66. The van der Waals surface area contributed by atoms with E-state index in [2.05, 4.69) is 19.1 Å². The molecule has 0 N–H and O–H groups in total. The van der Waals surface area contributed by atoms with E-state index in [1.807, 2.05) is 43.3 Å². The molecule has 0 aliphatic rings. The molecule has 3 heteroatoms. The van der Waals surface area contributed by atoms with Gasteiger partial charge >= 0.3 is 0 Å². The Hall–Kier alpha value is -1.98. The normalized spacial score (nSPS) is 11.7. The molecule has 0 saturated carbocycles. The van der Waals surface area contributed by atoms with E-state index in [1.165, 1.54) is 5.56 Å². The summed E-state index contributed by atoms with van der Waals surface area (Å²) in [5, 5.41) is 10.00. The maximum atomic E-state index is 9.33. The Balaban J connectivity index is 1.86. The molecular formula is C19H20ClNO. The molecule has 0 aromatic heterocycles. The molecular weight excluding hydrogens is 294 g/mol. The fourth-order valence-electron chi connectivity index (χ4n) is 2.46. The Morgan fingerprint density at radius 3 is 2.68 bits per heavy atom. The first-order valence-corrected chi connectivity index (χ1v) is 7.83. The van der Waals surface area contributed by atoms with Gasteiger partial charge in [0.05, 0.1) is 18.6 Å². The van der Waals surface area contributed by atoms with Gasteiger partial charge in [-0.15, -0.1) is 0 Å². The number of halogens is 1. The lowest BCUT2D eigenvalue weighted by Crippen LogP contribution is -2.03. The van der Waals surface area contributed by atoms with Gasteiger partial charge in [0.1, 0.15) is 5.75 Å². The summed E-state index contributed by atoms with van der Waals surface area (Å²) >= 11 is 5.98. The predicted octanol–water partition coefficient (Wildman–Crippen LogP) is 5.42.